The summed E-state index contributed by atoms with van der Waals surface area (Å²) >= 11 is 0. The number of amides is 1. The van der Waals surface area contributed by atoms with E-state index >= 15 is 0 Å². The van der Waals surface area contributed by atoms with Crippen molar-refractivity contribution in [1.29, 1.82) is 0 Å². The summed E-state index contributed by atoms with van der Waals surface area (Å²) in [6.45, 7) is 0.239. The van der Waals surface area contributed by atoms with Crippen LogP contribution in [0.5, 0.6) is 11.5 Å². The van der Waals surface area contributed by atoms with Crippen LogP contribution in [-0.4, -0.2) is 35.6 Å². The quantitative estimate of drug-likeness (QED) is 0.580. The van der Waals surface area contributed by atoms with Crippen LogP contribution in [0, 0.1) is 0 Å². The van der Waals surface area contributed by atoms with Gasteiger partial charge in [-0.25, -0.2) is 8.42 Å². The number of hydrogen-bond acceptors (Lipinski definition) is 5. The number of para-hydroxylation sites is 1. The summed E-state index contributed by atoms with van der Waals surface area (Å²) < 4.78 is 37.6. The molecule has 8 heteroatoms. The molecule has 3 aromatic rings. The Hall–Kier alpha value is -3.52. The van der Waals surface area contributed by atoms with Gasteiger partial charge in [-0.15, -0.1) is 0 Å². The first-order valence-electron chi connectivity index (χ1n) is 9.50. The average Bonchev–Trinajstić information content (AvgIpc) is 2.82. The summed E-state index contributed by atoms with van der Waals surface area (Å²) in [6, 6.07) is 20.0. The van der Waals surface area contributed by atoms with Gasteiger partial charge in [0.05, 0.1) is 30.4 Å². The van der Waals surface area contributed by atoms with Gasteiger partial charge in [-0.1, -0.05) is 36.4 Å². The molecule has 0 fully saturated rings. The SMILES string of the molecule is COc1ccc(CNC(=O)c2ccccc2N(C)S(=O)(=O)c2ccccc2)cc1OC. The van der Waals surface area contributed by atoms with Crippen molar-refractivity contribution in [3.05, 3.63) is 83.9 Å². The van der Waals surface area contributed by atoms with E-state index in [1.807, 2.05) is 6.07 Å². The molecule has 7 nitrogen and oxygen atoms in total. The molecular weight excluding hydrogens is 416 g/mol. The molecule has 0 aliphatic heterocycles. The molecule has 0 saturated heterocycles. The predicted octanol–water partition coefficient (Wildman–Crippen LogP) is 3.46. The number of ether oxygens (including phenoxy) is 2. The second kappa shape index (κ2) is 9.53. The molecule has 0 bridgehead atoms. The highest BCUT2D eigenvalue weighted by Gasteiger charge is 2.24. The molecule has 1 amide bonds. The van der Waals surface area contributed by atoms with E-state index < -0.39 is 10.0 Å². The van der Waals surface area contributed by atoms with E-state index in [-0.39, 0.29) is 28.6 Å². The normalized spacial score (nSPS) is 10.9. The number of rotatable bonds is 8. The molecule has 0 unspecified atom stereocenters. The molecule has 0 heterocycles. The summed E-state index contributed by atoms with van der Waals surface area (Å²) in [5.41, 5.74) is 1.36. The monoisotopic (exact) mass is 440 g/mol. The Bertz CT molecular complexity index is 1160. The van der Waals surface area contributed by atoms with E-state index in [4.69, 9.17) is 9.47 Å². The molecule has 0 saturated carbocycles. The zero-order valence-electron chi connectivity index (χ0n) is 17.5. The lowest BCUT2D eigenvalue weighted by Crippen LogP contribution is -2.30. The second-order valence-corrected chi connectivity index (χ2v) is 8.64. The lowest BCUT2D eigenvalue weighted by Gasteiger charge is -2.22. The van der Waals surface area contributed by atoms with Crippen LogP contribution in [0.15, 0.2) is 77.7 Å². The van der Waals surface area contributed by atoms with Gasteiger partial charge >= 0.3 is 0 Å². The molecule has 3 aromatic carbocycles. The maximum absolute atomic E-state index is 13.0. The fraction of sp³-hybridized carbons (Fsp3) is 0.174. The molecule has 0 aliphatic carbocycles. The third kappa shape index (κ3) is 4.80. The average molecular weight is 441 g/mol. The van der Waals surface area contributed by atoms with Crippen molar-refractivity contribution in [2.24, 2.45) is 0 Å². The first kappa shape index (κ1) is 22.2. The number of sulfonamides is 1. The van der Waals surface area contributed by atoms with Gasteiger partial charge in [-0.05, 0) is 42.0 Å². The van der Waals surface area contributed by atoms with Gasteiger partial charge in [-0.3, -0.25) is 9.10 Å². The number of anilines is 1. The molecule has 0 radical (unpaired) electrons. The standard InChI is InChI=1S/C23H24N2O5S/c1-25(31(27,28)18-9-5-4-6-10-18)20-12-8-7-11-19(20)23(26)24-16-17-13-14-21(29-2)22(15-17)30-3/h4-15H,16H2,1-3H3,(H,24,26). The summed E-state index contributed by atoms with van der Waals surface area (Å²) in [5.74, 6) is 0.763. The van der Waals surface area contributed by atoms with Gasteiger partial charge in [0.15, 0.2) is 11.5 Å². The van der Waals surface area contributed by atoms with Crippen molar-refractivity contribution in [1.82, 2.24) is 5.32 Å². The smallest absolute Gasteiger partial charge is 0.264 e. The van der Waals surface area contributed by atoms with Gasteiger partial charge in [-0.2, -0.15) is 0 Å². The van der Waals surface area contributed by atoms with E-state index in [9.17, 15) is 13.2 Å². The predicted molar refractivity (Wildman–Crippen MR) is 119 cm³/mol. The molecule has 3 rings (SSSR count). The summed E-state index contributed by atoms with van der Waals surface area (Å²) in [4.78, 5) is 13.0. The molecule has 162 valence electrons. The summed E-state index contributed by atoms with van der Waals surface area (Å²) in [5, 5.41) is 2.83. The van der Waals surface area contributed by atoms with E-state index in [1.54, 1.807) is 68.8 Å². The first-order chi connectivity index (χ1) is 14.9. The third-order valence-corrected chi connectivity index (χ3v) is 6.58. The van der Waals surface area contributed by atoms with E-state index in [0.29, 0.717) is 11.5 Å². The van der Waals surface area contributed by atoms with E-state index in [0.717, 1.165) is 9.87 Å². The number of nitrogens with one attached hydrogen (secondary N) is 1. The van der Waals surface area contributed by atoms with Crippen molar-refractivity contribution < 1.29 is 22.7 Å². The molecule has 0 spiro atoms. The van der Waals surface area contributed by atoms with Gasteiger partial charge in [0.2, 0.25) is 0 Å². The Kier molecular flexibility index (Phi) is 6.81. The van der Waals surface area contributed by atoms with Gasteiger partial charge < -0.3 is 14.8 Å². The van der Waals surface area contributed by atoms with Crippen molar-refractivity contribution >= 4 is 21.6 Å². The Morgan fingerprint density at radius 3 is 2.23 bits per heavy atom. The number of carbonyl (C=O) groups is 1. The third-order valence-electron chi connectivity index (χ3n) is 4.79. The Balaban J connectivity index is 1.82. The fourth-order valence-electron chi connectivity index (χ4n) is 3.09. The lowest BCUT2D eigenvalue weighted by molar-refractivity contribution is 0.0951. The fourth-order valence-corrected chi connectivity index (χ4v) is 4.32. The van der Waals surface area contributed by atoms with Crippen molar-refractivity contribution in [3.8, 4) is 11.5 Å². The maximum Gasteiger partial charge on any atom is 0.264 e. The number of carbonyl (C=O) groups excluding carboxylic acids is 1. The number of hydrogen-bond donors (Lipinski definition) is 1. The molecular formula is C23H24N2O5S. The van der Waals surface area contributed by atoms with Gasteiger partial charge in [0, 0.05) is 13.6 Å². The van der Waals surface area contributed by atoms with Crippen LogP contribution in [0.4, 0.5) is 5.69 Å². The topological polar surface area (TPSA) is 84.9 Å². The van der Waals surface area contributed by atoms with Crippen molar-refractivity contribution in [2.75, 3.05) is 25.6 Å². The van der Waals surface area contributed by atoms with Crippen LogP contribution < -0.4 is 19.1 Å². The number of methoxy groups -OCH3 is 2. The Morgan fingerprint density at radius 2 is 1.55 bits per heavy atom. The summed E-state index contributed by atoms with van der Waals surface area (Å²) in [6.07, 6.45) is 0. The molecule has 0 aromatic heterocycles. The highest BCUT2D eigenvalue weighted by atomic mass is 32.2. The lowest BCUT2D eigenvalue weighted by atomic mass is 10.1. The van der Waals surface area contributed by atoms with E-state index in [2.05, 4.69) is 5.32 Å². The minimum absolute atomic E-state index is 0.151. The molecule has 31 heavy (non-hydrogen) atoms. The van der Waals surface area contributed by atoms with Crippen LogP contribution in [0.2, 0.25) is 0 Å². The molecule has 0 aliphatic rings. The highest BCUT2D eigenvalue weighted by molar-refractivity contribution is 7.92. The zero-order valence-corrected chi connectivity index (χ0v) is 18.3. The van der Waals surface area contributed by atoms with Crippen molar-refractivity contribution in [2.45, 2.75) is 11.4 Å². The largest absolute Gasteiger partial charge is 0.493 e. The zero-order chi connectivity index (χ0) is 22.4. The van der Waals surface area contributed by atoms with Crippen LogP contribution in [0.3, 0.4) is 0 Å². The van der Waals surface area contributed by atoms with Crippen LogP contribution in [-0.2, 0) is 16.6 Å². The maximum atomic E-state index is 13.0. The minimum atomic E-state index is -3.81. The minimum Gasteiger partial charge on any atom is -0.493 e. The highest BCUT2D eigenvalue weighted by Crippen LogP contribution is 2.28. The van der Waals surface area contributed by atoms with Gasteiger partial charge in [0.25, 0.3) is 15.9 Å². The summed E-state index contributed by atoms with van der Waals surface area (Å²) in [7, 11) is 0.717. The van der Waals surface area contributed by atoms with Crippen molar-refractivity contribution in [3.63, 3.8) is 0 Å². The van der Waals surface area contributed by atoms with Crippen LogP contribution >= 0.6 is 0 Å². The van der Waals surface area contributed by atoms with Gasteiger partial charge in [0.1, 0.15) is 0 Å². The second-order valence-electron chi connectivity index (χ2n) is 6.67. The number of nitrogens with zero attached hydrogens (tertiary/aromatic N) is 1. The number of benzene rings is 3. The van der Waals surface area contributed by atoms with Crippen LogP contribution in [0.1, 0.15) is 15.9 Å². The Morgan fingerprint density at radius 1 is 0.903 bits per heavy atom. The van der Waals surface area contributed by atoms with Crippen LogP contribution in [0.25, 0.3) is 0 Å². The first-order valence-corrected chi connectivity index (χ1v) is 10.9. The molecule has 1 N–H and O–H groups in total. The van der Waals surface area contributed by atoms with E-state index in [1.165, 1.54) is 19.2 Å². The Labute approximate surface area is 182 Å². The molecule has 0 atom stereocenters.